The van der Waals surface area contributed by atoms with Gasteiger partial charge in [0.05, 0.1) is 15.5 Å². The monoisotopic (exact) mass is 507 g/mol. The summed E-state index contributed by atoms with van der Waals surface area (Å²) in [5.74, 6) is 1.00. The fourth-order valence-corrected chi connectivity index (χ4v) is 4.53. The van der Waals surface area contributed by atoms with E-state index in [1.165, 1.54) is 18.2 Å². The van der Waals surface area contributed by atoms with Crippen LogP contribution in [-0.2, 0) is 0 Å². The molecule has 0 aliphatic carbocycles. The number of carbonyl (C=O) groups is 1. The third-order valence-electron chi connectivity index (χ3n) is 5.92. The van der Waals surface area contributed by atoms with Gasteiger partial charge in [0.25, 0.3) is 11.6 Å². The maximum absolute atomic E-state index is 13.0. The first kappa shape index (κ1) is 23.0. The van der Waals surface area contributed by atoms with Crippen LogP contribution in [0.4, 0.5) is 11.5 Å². The Morgan fingerprint density at radius 3 is 2.43 bits per heavy atom. The third kappa shape index (κ3) is 4.62. The zero-order valence-corrected chi connectivity index (χ0v) is 19.9. The van der Waals surface area contributed by atoms with E-state index in [-0.39, 0.29) is 11.6 Å². The van der Waals surface area contributed by atoms with E-state index in [4.69, 9.17) is 33.2 Å². The molecule has 1 saturated heterocycles. The highest BCUT2D eigenvalue weighted by Crippen LogP contribution is 2.32. The van der Waals surface area contributed by atoms with Crippen molar-refractivity contribution in [1.82, 2.24) is 14.9 Å². The first-order valence-corrected chi connectivity index (χ1v) is 11.7. The van der Waals surface area contributed by atoms with Crippen LogP contribution in [0.5, 0.6) is 0 Å². The van der Waals surface area contributed by atoms with Crippen LogP contribution in [0.25, 0.3) is 22.3 Å². The second-order valence-corrected chi connectivity index (χ2v) is 8.94. The van der Waals surface area contributed by atoms with Gasteiger partial charge in [-0.1, -0.05) is 41.4 Å². The van der Waals surface area contributed by atoms with Gasteiger partial charge in [0.1, 0.15) is 5.82 Å². The summed E-state index contributed by atoms with van der Waals surface area (Å²) in [6.45, 7) is 1.97. The predicted octanol–water partition coefficient (Wildman–Crippen LogP) is 5.47. The SMILES string of the molecule is O=C(c1cccc([N+](=O)[O-])c1)N1CCN(c2nc(-c3ccccc3Cl)nc3cc(Cl)ccc23)CC1. The van der Waals surface area contributed by atoms with Gasteiger partial charge >= 0.3 is 0 Å². The second kappa shape index (κ2) is 9.48. The van der Waals surface area contributed by atoms with Crippen LogP contribution < -0.4 is 4.90 Å². The molecule has 3 aromatic carbocycles. The number of nitro groups is 1. The molecule has 35 heavy (non-hydrogen) atoms. The van der Waals surface area contributed by atoms with E-state index < -0.39 is 4.92 Å². The van der Waals surface area contributed by atoms with E-state index in [9.17, 15) is 14.9 Å². The smallest absolute Gasteiger partial charge is 0.270 e. The van der Waals surface area contributed by atoms with Crippen molar-refractivity contribution in [2.75, 3.05) is 31.1 Å². The molecule has 176 valence electrons. The Kier molecular flexibility index (Phi) is 6.23. The van der Waals surface area contributed by atoms with Crippen molar-refractivity contribution in [3.8, 4) is 11.4 Å². The summed E-state index contributed by atoms with van der Waals surface area (Å²) < 4.78 is 0. The molecule has 2 heterocycles. The minimum absolute atomic E-state index is 0.104. The fourth-order valence-electron chi connectivity index (χ4n) is 4.15. The summed E-state index contributed by atoms with van der Waals surface area (Å²) >= 11 is 12.7. The molecule has 10 heteroatoms. The van der Waals surface area contributed by atoms with Crippen LogP contribution in [0.15, 0.2) is 66.7 Å². The Hall–Kier alpha value is -3.75. The van der Waals surface area contributed by atoms with Crippen molar-refractivity contribution >= 4 is 51.5 Å². The van der Waals surface area contributed by atoms with Crippen LogP contribution in [-0.4, -0.2) is 51.9 Å². The minimum atomic E-state index is -0.502. The topological polar surface area (TPSA) is 92.5 Å². The molecule has 0 unspecified atom stereocenters. The number of carbonyl (C=O) groups excluding carboxylic acids is 1. The number of aromatic nitrogens is 2. The molecule has 5 rings (SSSR count). The van der Waals surface area contributed by atoms with E-state index in [1.807, 2.05) is 24.3 Å². The number of hydrogen-bond acceptors (Lipinski definition) is 6. The maximum atomic E-state index is 13.0. The highest BCUT2D eigenvalue weighted by Gasteiger charge is 2.26. The van der Waals surface area contributed by atoms with Gasteiger partial charge in [0.2, 0.25) is 0 Å². The zero-order chi connectivity index (χ0) is 24.5. The van der Waals surface area contributed by atoms with Gasteiger partial charge in [-0.15, -0.1) is 0 Å². The van der Waals surface area contributed by atoms with Gasteiger partial charge in [-0.05, 0) is 36.4 Å². The summed E-state index contributed by atoms with van der Waals surface area (Å²) in [4.78, 5) is 36.9. The van der Waals surface area contributed by atoms with Crippen LogP contribution in [0.1, 0.15) is 10.4 Å². The lowest BCUT2D eigenvalue weighted by molar-refractivity contribution is -0.384. The molecular formula is C25H19Cl2N5O3. The standard InChI is InChI=1S/C25H19Cl2N5O3/c26-17-8-9-20-22(15-17)28-23(19-6-1-2-7-21(19)27)29-24(20)30-10-12-31(13-11-30)25(33)16-4-3-5-18(14-16)32(34)35/h1-9,14-15H,10-13H2. The molecule has 1 fully saturated rings. The molecule has 0 N–H and O–H groups in total. The summed E-state index contributed by atoms with van der Waals surface area (Å²) in [5.41, 5.74) is 1.62. The van der Waals surface area contributed by atoms with E-state index in [0.29, 0.717) is 53.1 Å². The van der Waals surface area contributed by atoms with Crippen molar-refractivity contribution in [2.45, 2.75) is 0 Å². The molecule has 4 aromatic rings. The summed E-state index contributed by atoms with van der Waals surface area (Å²) in [6, 6.07) is 18.7. The van der Waals surface area contributed by atoms with Gasteiger partial charge in [0.15, 0.2) is 5.82 Å². The summed E-state index contributed by atoms with van der Waals surface area (Å²) in [7, 11) is 0. The number of nitrogens with zero attached hydrogens (tertiary/aromatic N) is 5. The maximum Gasteiger partial charge on any atom is 0.270 e. The number of benzene rings is 3. The highest BCUT2D eigenvalue weighted by atomic mass is 35.5. The van der Waals surface area contributed by atoms with E-state index in [0.717, 1.165) is 16.8 Å². The number of halogens is 2. The number of amides is 1. The van der Waals surface area contributed by atoms with Crippen LogP contribution in [0.3, 0.4) is 0 Å². The number of non-ortho nitro benzene ring substituents is 1. The third-order valence-corrected chi connectivity index (χ3v) is 6.49. The van der Waals surface area contributed by atoms with Crippen molar-refractivity contribution < 1.29 is 9.72 Å². The molecule has 0 atom stereocenters. The largest absolute Gasteiger partial charge is 0.352 e. The van der Waals surface area contributed by atoms with Gasteiger partial charge in [-0.25, -0.2) is 9.97 Å². The molecule has 1 aromatic heterocycles. The van der Waals surface area contributed by atoms with E-state index >= 15 is 0 Å². The molecule has 1 aliphatic rings. The molecule has 0 saturated carbocycles. The Bertz CT molecular complexity index is 1450. The van der Waals surface area contributed by atoms with Crippen LogP contribution in [0, 0.1) is 10.1 Å². The van der Waals surface area contributed by atoms with Crippen LogP contribution >= 0.6 is 23.2 Å². The van der Waals surface area contributed by atoms with E-state index in [1.54, 1.807) is 29.2 Å². The van der Waals surface area contributed by atoms with Crippen LogP contribution in [0.2, 0.25) is 10.0 Å². The molecule has 0 spiro atoms. The number of fused-ring (bicyclic) bond motifs is 1. The Morgan fingerprint density at radius 2 is 1.69 bits per heavy atom. The highest BCUT2D eigenvalue weighted by molar-refractivity contribution is 6.33. The molecular weight excluding hydrogens is 489 g/mol. The van der Waals surface area contributed by atoms with Gasteiger partial charge < -0.3 is 9.80 Å². The van der Waals surface area contributed by atoms with Gasteiger partial charge in [0, 0.05) is 59.8 Å². The number of piperazine rings is 1. The lowest BCUT2D eigenvalue weighted by atomic mass is 10.1. The van der Waals surface area contributed by atoms with Crippen molar-refractivity contribution in [3.63, 3.8) is 0 Å². The summed E-state index contributed by atoms with van der Waals surface area (Å²) in [6.07, 6.45) is 0. The van der Waals surface area contributed by atoms with Crippen molar-refractivity contribution in [1.29, 1.82) is 0 Å². The zero-order valence-electron chi connectivity index (χ0n) is 18.4. The fraction of sp³-hybridized carbons (Fsp3) is 0.160. The first-order chi connectivity index (χ1) is 16.9. The lowest BCUT2D eigenvalue weighted by Crippen LogP contribution is -2.49. The average Bonchev–Trinajstić information content (AvgIpc) is 2.88. The van der Waals surface area contributed by atoms with Gasteiger partial charge in [-0.2, -0.15) is 0 Å². The molecule has 0 radical (unpaired) electrons. The Morgan fingerprint density at radius 1 is 0.914 bits per heavy atom. The number of hydrogen-bond donors (Lipinski definition) is 0. The Balaban J connectivity index is 1.44. The molecule has 1 aliphatic heterocycles. The van der Waals surface area contributed by atoms with Gasteiger partial charge in [-0.3, -0.25) is 14.9 Å². The minimum Gasteiger partial charge on any atom is -0.352 e. The Labute approximate surface area is 210 Å². The molecule has 1 amide bonds. The van der Waals surface area contributed by atoms with Crippen molar-refractivity contribution in [3.05, 3.63) is 92.5 Å². The first-order valence-electron chi connectivity index (χ1n) is 10.9. The van der Waals surface area contributed by atoms with E-state index in [2.05, 4.69) is 4.90 Å². The second-order valence-electron chi connectivity index (χ2n) is 8.10. The normalized spacial score (nSPS) is 13.8. The lowest BCUT2D eigenvalue weighted by Gasteiger charge is -2.36. The quantitative estimate of drug-likeness (QED) is 0.268. The van der Waals surface area contributed by atoms with Crippen molar-refractivity contribution in [2.24, 2.45) is 0 Å². The summed E-state index contributed by atoms with van der Waals surface area (Å²) in [5, 5.41) is 13.0. The predicted molar refractivity (Wildman–Crippen MR) is 136 cm³/mol. The number of rotatable bonds is 4. The number of nitro benzene ring substituents is 1. The average molecular weight is 508 g/mol. The number of anilines is 1. The molecule has 8 nitrogen and oxygen atoms in total. The molecule has 0 bridgehead atoms.